The molecule has 192 valence electrons. The number of hydrogen-bond acceptors (Lipinski definition) is 0. The molecule has 4 aromatic rings. The molecule has 0 N–H and O–H groups in total. The summed E-state index contributed by atoms with van der Waals surface area (Å²) < 4.78 is 7.67. The molecule has 2 aliphatic carbocycles. The number of fused-ring (bicyclic) bond motifs is 6. The summed E-state index contributed by atoms with van der Waals surface area (Å²) in [5, 5.41) is 0. The van der Waals surface area contributed by atoms with E-state index >= 15 is 0 Å². The third-order valence-corrected chi connectivity index (χ3v) is 29.8. The van der Waals surface area contributed by atoms with Gasteiger partial charge >= 0.3 is 214 Å². The summed E-state index contributed by atoms with van der Waals surface area (Å²) in [5.74, 6) is 0. The summed E-state index contributed by atoms with van der Waals surface area (Å²) in [6.45, 7) is 4.80. The fourth-order valence-electron chi connectivity index (χ4n) is 7.12. The molecular formula is C33H38Cl2SiZr. The number of rotatable bonds is 7. The van der Waals surface area contributed by atoms with E-state index in [-0.39, 0.29) is 24.8 Å². The van der Waals surface area contributed by atoms with E-state index in [2.05, 4.69) is 103 Å². The Hall–Kier alpha value is -1.44. The zero-order chi connectivity index (χ0) is 24.1. The zero-order valence-electron chi connectivity index (χ0n) is 22.1. The molecule has 0 aromatic heterocycles. The van der Waals surface area contributed by atoms with E-state index in [1.165, 1.54) is 63.2 Å². The molecule has 0 aliphatic heterocycles. The van der Waals surface area contributed by atoms with Crippen LogP contribution in [0, 0.1) is 0 Å². The maximum absolute atomic E-state index is 3.62. The van der Waals surface area contributed by atoms with E-state index in [1.54, 1.807) is 17.7 Å². The molecule has 4 aromatic carbocycles. The minimum absolute atomic E-state index is 0. The van der Waals surface area contributed by atoms with Gasteiger partial charge in [0, 0.05) is 0 Å². The molecule has 0 spiro atoms. The Morgan fingerprint density at radius 2 is 1.05 bits per heavy atom. The Kier molecular flexibility index (Phi) is 8.47. The molecule has 2 aliphatic rings. The van der Waals surface area contributed by atoms with Crippen LogP contribution in [0.4, 0.5) is 0 Å². The Morgan fingerprint density at radius 3 is 1.54 bits per heavy atom. The van der Waals surface area contributed by atoms with Gasteiger partial charge in [0.1, 0.15) is 0 Å². The standard InChI is InChI=1S/2C13H9.C6H13.CH3.2ClH.H2Si.Zr/c2*1-3-7-12-10(5-1)9-11-6-2-4-8-13(11)12;1-3-5-6-4-2;;;;;/h2*1-5,7-8H,9H2;1,3-6H2,2H3;1H3;2*1H;1H2;. The van der Waals surface area contributed by atoms with Crippen LogP contribution in [0.1, 0.15) is 54.9 Å². The second-order valence-corrected chi connectivity index (χ2v) is 37.9. The molecule has 0 saturated heterocycles. The van der Waals surface area contributed by atoms with Gasteiger partial charge in [-0.05, 0) is 0 Å². The molecule has 0 amide bonds. The molecule has 0 bridgehead atoms. The molecule has 0 saturated carbocycles. The molecule has 0 heterocycles. The first kappa shape index (κ1) is 28.6. The Labute approximate surface area is 237 Å². The summed E-state index contributed by atoms with van der Waals surface area (Å²) >= 11 is -3.62. The zero-order valence-corrected chi connectivity index (χ0v) is 27.6. The van der Waals surface area contributed by atoms with Gasteiger partial charge in [-0.3, -0.25) is 0 Å². The first-order valence-corrected chi connectivity index (χ1v) is 26.0. The van der Waals surface area contributed by atoms with Crippen molar-refractivity contribution in [2.45, 2.75) is 54.2 Å². The second kappa shape index (κ2) is 11.0. The van der Waals surface area contributed by atoms with E-state index in [1.807, 2.05) is 0 Å². The minimum atomic E-state index is -3.62. The van der Waals surface area contributed by atoms with Gasteiger partial charge in [0.25, 0.3) is 0 Å². The molecule has 37 heavy (non-hydrogen) atoms. The topological polar surface area (TPSA) is 0 Å². The third-order valence-electron chi connectivity index (χ3n) is 8.98. The molecular weight excluding hydrogens is 587 g/mol. The predicted molar refractivity (Wildman–Crippen MR) is 166 cm³/mol. The van der Waals surface area contributed by atoms with Crippen molar-refractivity contribution in [2.24, 2.45) is 0 Å². The van der Waals surface area contributed by atoms with Gasteiger partial charge in [-0.15, -0.1) is 24.8 Å². The van der Waals surface area contributed by atoms with Crippen molar-refractivity contribution in [3.8, 4) is 22.3 Å². The van der Waals surface area contributed by atoms with Crippen molar-refractivity contribution in [2.75, 3.05) is 0 Å². The Morgan fingerprint density at radius 1 is 0.595 bits per heavy atom. The summed E-state index contributed by atoms with van der Waals surface area (Å²) in [6, 6.07) is 32.8. The number of benzene rings is 4. The fraction of sp³-hybridized carbons (Fsp3) is 0.273. The van der Waals surface area contributed by atoms with Crippen LogP contribution in [0.15, 0.2) is 84.9 Å². The van der Waals surface area contributed by atoms with Crippen molar-refractivity contribution in [1.82, 2.24) is 0 Å². The fourth-order valence-corrected chi connectivity index (χ4v) is 25.8. The van der Waals surface area contributed by atoms with Crippen LogP contribution in [0.25, 0.3) is 22.3 Å². The van der Waals surface area contributed by atoms with E-state index in [0.29, 0.717) is 0 Å². The summed E-state index contributed by atoms with van der Waals surface area (Å²) in [4.78, 5) is 0. The van der Waals surface area contributed by atoms with Crippen molar-refractivity contribution >= 4 is 38.2 Å². The van der Waals surface area contributed by atoms with E-state index in [9.17, 15) is 0 Å². The average Bonchev–Trinajstić information content (AvgIpc) is 3.45. The first-order valence-electron chi connectivity index (χ1n) is 13.5. The number of unbranched alkanes of at least 4 members (excludes halogenated alkanes) is 3. The normalized spacial score (nSPS) is 13.1. The maximum Gasteiger partial charge on any atom is -0.147 e. The van der Waals surface area contributed by atoms with Crippen LogP contribution >= 0.6 is 24.8 Å². The monoisotopic (exact) mass is 622 g/mol. The smallest absolute Gasteiger partial charge is 0.147 e. The van der Waals surface area contributed by atoms with Crippen LogP contribution < -0.4 is 6.54 Å². The van der Waals surface area contributed by atoms with Gasteiger partial charge in [0.15, 0.2) is 0 Å². The van der Waals surface area contributed by atoms with Gasteiger partial charge in [-0.25, -0.2) is 0 Å². The Bertz CT molecular complexity index is 1420. The van der Waals surface area contributed by atoms with Gasteiger partial charge in [0.2, 0.25) is 0 Å². The van der Waals surface area contributed by atoms with Crippen LogP contribution in [0.5, 0.6) is 0 Å². The van der Waals surface area contributed by atoms with Gasteiger partial charge < -0.3 is 0 Å². The van der Waals surface area contributed by atoms with Crippen molar-refractivity contribution in [3.63, 3.8) is 0 Å². The molecule has 0 radical (unpaired) electrons. The second-order valence-electron chi connectivity index (χ2n) is 11.4. The van der Waals surface area contributed by atoms with Crippen molar-refractivity contribution in [1.29, 1.82) is 0 Å². The van der Waals surface area contributed by atoms with E-state index in [0.717, 1.165) is 12.8 Å². The van der Waals surface area contributed by atoms with Crippen molar-refractivity contribution < 1.29 is 17.4 Å². The molecule has 0 atom stereocenters. The number of hydrogen-bond donors (Lipinski definition) is 0. The van der Waals surface area contributed by atoms with Crippen LogP contribution in [-0.2, 0) is 30.2 Å². The summed E-state index contributed by atoms with van der Waals surface area (Å²) in [5.41, 5.74) is 12.2. The Balaban J connectivity index is 0.00000160. The summed E-state index contributed by atoms with van der Waals surface area (Å²) in [7, 11) is 0. The van der Waals surface area contributed by atoms with Crippen LogP contribution in [-0.4, -0.2) is 6.88 Å². The van der Waals surface area contributed by atoms with E-state index < -0.39 is 17.4 Å². The minimum Gasteiger partial charge on any atom is -0.147 e. The van der Waals surface area contributed by atoms with Gasteiger partial charge in [0.05, 0.1) is 0 Å². The predicted octanol–water partition coefficient (Wildman–Crippen LogP) is 7.91. The van der Waals surface area contributed by atoms with Gasteiger partial charge in [-0.1, -0.05) is 0 Å². The third kappa shape index (κ3) is 4.67. The number of halogens is 2. The molecule has 4 heteroatoms. The van der Waals surface area contributed by atoms with Crippen molar-refractivity contribution in [3.05, 3.63) is 107 Å². The quantitative estimate of drug-likeness (QED) is 0.125. The molecule has 0 unspecified atom stereocenters. The molecule has 0 fully saturated rings. The van der Waals surface area contributed by atoms with E-state index in [4.69, 9.17) is 0 Å². The van der Waals surface area contributed by atoms with Crippen LogP contribution in [0.3, 0.4) is 0 Å². The average molecular weight is 625 g/mol. The van der Waals surface area contributed by atoms with Crippen LogP contribution in [0.2, 0.25) is 8.76 Å². The van der Waals surface area contributed by atoms with Gasteiger partial charge in [-0.2, -0.15) is 0 Å². The summed E-state index contributed by atoms with van der Waals surface area (Å²) in [6.07, 6.45) is 7.56. The molecule has 6 rings (SSSR count). The SMILES string of the molecule is CCCCC[CH2][Zr]([CH3])(=[SiH2])([c]1cccc2c1Cc1ccccc1-2)[c]1cccc2c1Cc1ccccc1-2.Cl.Cl. The largest absolute Gasteiger partial charge is 0.147 e. The maximum atomic E-state index is 2.78. The first-order chi connectivity index (χ1) is 17.0. The molecule has 0 nitrogen and oxygen atoms in total.